The highest BCUT2D eigenvalue weighted by Gasteiger charge is 2.18. The van der Waals surface area contributed by atoms with Crippen LogP contribution in [0.1, 0.15) is 24.4 Å². The highest BCUT2D eigenvalue weighted by Crippen LogP contribution is 2.22. The number of amides is 1. The lowest BCUT2D eigenvalue weighted by atomic mass is 10.1. The minimum atomic E-state index is -0.438. The van der Waals surface area contributed by atoms with Crippen molar-refractivity contribution in [3.63, 3.8) is 0 Å². The Labute approximate surface area is 164 Å². The van der Waals surface area contributed by atoms with Crippen molar-refractivity contribution in [3.05, 3.63) is 53.9 Å². The molecular weight excluding hydrogens is 378 g/mol. The third-order valence-electron chi connectivity index (χ3n) is 4.17. The van der Waals surface area contributed by atoms with Crippen LogP contribution in [0.4, 0.5) is 0 Å². The van der Waals surface area contributed by atoms with E-state index in [4.69, 9.17) is 9.26 Å². The summed E-state index contributed by atoms with van der Waals surface area (Å²) in [6.45, 7) is 3.62. The van der Waals surface area contributed by atoms with Gasteiger partial charge in [-0.2, -0.15) is 13.7 Å². The lowest BCUT2D eigenvalue weighted by Gasteiger charge is -2.10. The summed E-state index contributed by atoms with van der Waals surface area (Å²) in [6, 6.07) is 12.6. The van der Waals surface area contributed by atoms with Gasteiger partial charge in [0.05, 0.1) is 11.7 Å². The Bertz CT molecular complexity index is 1120. The van der Waals surface area contributed by atoms with Crippen LogP contribution in [0.5, 0.6) is 5.75 Å². The average Bonchev–Trinajstić information content (AvgIpc) is 3.36. The van der Waals surface area contributed by atoms with E-state index in [0.717, 1.165) is 33.9 Å². The van der Waals surface area contributed by atoms with Crippen molar-refractivity contribution in [2.24, 2.45) is 0 Å². The molecule has 28 heavy (non-hydrogen) atoms. The fourth-order valence-corrected chi connectivity index (χ4v) is 3.21. The first-order valence-electron chi connectivity index (χ1n) is 8.64. The number of fused-ring (bicyclic) bond motifs is 1. The molecule has 2 heterocycles. The molecule has 142 valence electrons. The van der Waals surface area contributed by atoms with E-state index in [1.807, 2.05) is 31.2 Å². The monoisotopic (exact) mass is 395 g/mol. The van der Waals surface area contributed by atoms with Crippen LogP contribution >= 0.6 is 11.7 Å². The van der Waals surface area contributed by atoms with E-state index in [0.29, 0.717) is 17.5 Å². The number of benzene rings is 2. The first-order chi connectivity index (χ1) is 13.6. The van der Waals surface area contributed by atoms with Crippen LogP contribution in [0, 0.1) is 6.92 Å². The van der Waals surface area contributed by atoms with E-state index in [1.165, 1.54) is 0 Å². The van der Waals surface area contributed by atoms with Crippen LogP contribution < -0.4 is 10.1 Å². The smallest absolute Gasteiger partial charge is 0.258 e. The number of hydrogen-bond acceptors (Lipinski definition) is 8. The molecule has 0 aliphatic heterocycles. The number of rotatable bonds is 6. The molecule has 0 saturated carbocycles. The third-order valence-corrected chi connectivity index (χ3v) is 4.73. The van der Waals surface area contributed by atoms with Crippen LogP contribution in [-0.2, 0) is 4.79 Å². The molecule has 2 aromatic heterocycles. The molecule has 0 aliphatic carbocycles. The Morgan fingerprint density at radius 2 is 2.04 bits per heavy atom. The number of nitrogens with one attached hydrogen (secondary N) is 1. The highest BCUT2D eigenvalue weighted by atomic mass is 32.1. The Balaban J connectivity index is 1.36. The number of carbonyl (C=O) groups excluding carboxylic acids is 1. The van der Waals surface area contributed by atoms with E-state index in [9.17, 15) is 4.79 Å². The van der Waals surface area contributed by atoms with Gasteiger partial charge in [-0.3, -0.25) is 4.79 Å². The summed E-state index contributed by atoms with van der Waals surface area (Å²) in [5.41, 5.74) is 3.49. The van der Waals surface area contributed by atoms with E-state index in [2.05, 4.69) is 24.2 Å². The molecule has 1 atom stereocenters. The van der Waals surface area contributed by atoms with E-state index in [1.54, 1.807) is 25.1 Å². The first kappa shape index (κ1) is 18.1. The Kier molecular flexibility index (Phi) is 4.98. The van der Waals surface area contributed by atoms with Gasteiger partial charge in [-0.25, -0.2) is 0 Å². The van der Waals surface area contributed by atoms with Gasteiger partial charge < -0.3 is 14.6 Å². The lowest BCUT2D eigenvalue weighted by Crippen LogP contribution is -2.31. The number of hydrogen-bond donors (Lipinski definition) is 1. The topological polar surface area (TPSA) is 103 Å². The van der Waals surface area contributed by atoms with Crippen molar-refractivity contribution < 1.29 is 14.1 Å². The van der Waals surface area contributed by atoms with Gasteiger partial charge in [-0.1, -0.05) is 29.4 Å². The molecular formula is C19H17N5O3S. The van der Waals surface area contributed by atoms with Crippen molar-refractivity contribution in [2.75, 3.05) is 6.61 Å². The number of carbonyl (C=O) groups is 1. The summed E-state index contributed by atoms with van der Waals surface area (Å²) in [6.07, 6.45) is 0. The Hall–Kier alpha value is -3.33. The minimum absolute atomic E-state index is 0.133. The summed E-state index contributed by atoms with van der Waals surface area (Å²) in [5.74, 6) is 1.10. The number of aryl methyl sites for hydroxylation is 1. The Morgan fingerprint density at radius 1 is 1.21 bits per heavy atom. The van der Waals surface area contributed by atoms with E-state index >= 15 is 0 Å². The molecule has 4 rings (SSSR count). The highest BCUT2D eigenvalue weighted by molar-refractivity contribution is 7.00. The van der Waals surface area contributed by atoms with Gasteiger partial charge in [-0.15, -0.1) is 0 Å². The van der Waals surface area contributed by atoms with Crippen LogP contribution in [0.3, 0.4) is 0 Å². The summed E-state index contributed by atoms with van der Waals surface area (Å²) < 4.78 is 19.1. The standard InChI is InChI=1S/C19H17N5O3S/c1-11-5-3-4-6-14(11)18-21-19(27-22-18)12(2)20-17(25)10-26-13-7-8-15-16(9-13)24-28-23-15/h3-9,12H,10H2,1-2H3,(H,20,25). The Morgan fingerprint density at radius 3 is 2.89 bits per heavy atom. The van der Waals surface area contributed by atoms with Crippen molar-refractivity contribution in [1.29, 1.82) is 0 Å². The van der Waals surface area contributed by atoms with Gasteiger partial charge in [0, 0.05) is 11.6 Å². The van der Waals surface area contributed by atoms with Gasteiger partial charge in [0.2, 0.25) is 11.7 Å². The maximum absolute atomic E-state index is 12.2. The predicted molar refractivity (Wildman–Crippen MR) is 104 cm³/mol. The molecule has 9 heteroatoms. The van der Waals surface area contributed by atoms with Gasteiger partial charge in [0.15, 0.2) is 6.61 Å². The fraction of sp³-hybridized carbons (Fsp3) is 0.211. The summed E-state index contributed by atoms with van der Waals surface area (Å²) in [5, 5.41) is 6.80. The summed E-state index contributed by atoms with van der Waals surface area (Å²) in [4.78, 5) is 16.6. The molecule has 0 fully saturated rings. The maximum Gasteiger partial charge on any atom is 0.258 e. The summed E-state index contributed by atoms with van der Waals surface area (Å²) in [7, 11) is 0. The minimum Gasteiger partial charge on any atom is -0.484 e. The van der Waals surface area contributed by atoms with E-state index < -0.39 is 6.04 Å². The van der Waals surface area contributed by atoms with Crippen LogP contribution in [0.15, 0.2) is 47.0 Å². The molecule has 0 radical (unpaired) electrons. The predicted octanol–water partition coefficient (Wildman–Crippen LogP) is 3.31. The zero-order valence-corrected chi connectivity index (χ0v) is 16.1. The summed E-state index contributed by atoms with van der Waals surface area (Å²) >= 11 is 1.14. The molecule has 0 aliphatic rings. The molecule has 0 saturated heterocycles. The van der Waals surface area contributed by atoms with Gasteiger partial charge in [0.25, 0.3) is 5.91 Å². The number of ether oxygens (including phenoxy) is 1. The largest absolute Gasteiger partial charge is 0.484 e. The quantitative estimate of drug-likeness (QED) is 0.534. The number of aromatic nitrogens is 4. The molecule has 2 aromatic carbocycles. The normalized spacial score (nSPS) is 12.1. The molecule has 4 aromatic rings. The zero-order valence-electron chi connectivity index (χ0n) is 15.2. The molecule has 8 nitrogen and oxygen atoms in total. The second kappa shape index (κ2) is 7.73. The average molecular weight is 395 g/mol. The van der Waals surface area contributed by atoms with Crippen molar-refractivity contribution in [1.82, 2.24) is 24.2 Å². The van der Waals surface area contributed by atoms with Crippen LogP contribution in [0.25, 0.3) is 22.4 Å². The van der Waals surface area contributed by atoms with Crippen molar-refractivity contribution in [3.8, 4) is 17.1 Å². The van der Waals surface area contributed by atoms with Crippen LogP contribution in [-0.4, -0.2) is 31.4 Å². The second-order valence-electron chi connectivity index (χ2n) is 6.26. The SMILES string of the molecule is Cc1ccccc1-c1noc(C(C)NC(=O)COc2ccc3nsnc3c2)n1. The first-order valence-corrected chi connectivity index (χ1v) is 9.37. The van der Waals surface area contributed by atoms with Gasteiger partial charge >= 0.3 is 0 Å². The number of nitrogens with zero attached hydrogens (tertiary/aromatic N) is 4. The lowest BCUT2D eigenvalue weighted by molar-refractivity contribution is -0.123. The molecule has 0 spiro atoms. The second-order valence-corrected chi connectivity index (χ2v) is 6.79. The third kappa shape index (κ3) is 3.84. The molecule has 1 unspecified atom stereocenters. The van der Waals surface area contributed by atoms with Crippen molar-refractivity contribution in [2.45, 2.75) is 19.9 Å². The van der Waals surface area contributed by atoms with E-state index in [-0.39, 0.29) is 12.5 Å². The van der Waals surface area contributed by atoms with Crippen LogP contribution in [0.2, 0.25) is 0 Å². The fourth-order valence-electron chi connectivity index (χ4n) is 2.69. The maximum atomic E-state index is 12.2. The van der Waals surface area contributed by atoms with Crippen molar-refractivity contribution >= 4 is 28.7 Å². The molecule has 1 N–H and O–H groups in total. The van der Waals surface area contributed by atoms with Gasteiger partial charge in [0.1, 0.15) is 22.8 Å². The zero-order chi connectivity index (χ0) is 19.5. The van der Waals surface area contributed by atoms with Gasteiger partial charge in [-0.05, 0) is 31.5 Å². The molecule has 0 bridgehead atoms. The molecule has 1 amide bonds.